The van der Waals surface area contributed by atoms with Gasteiger partial charge in [-0.05, 0) is 56.2 Å². The number of H-pyrrole nitrogens is 1. The fourth-order valence-electron chi connectivity index (χ4n) is 3.02. The lowest BCUT2D eigenvalue weighted by molar-refractivity contribution is -0.121. The number of nitrogens with one attached hydrogen (secondary N) is 3. The number of methoxy groups -OCH3 is 1. The molecule has 0 unspecified atom stereocenters. The van der Waals surface area contributed by atoms with Gasteiger partial charge in [0.15, 0.2) is 0 Å². The predicted octanol–water partition coefficient (Wildman–Crippen LogP) is 1.83. The summed E-state index contributed by atoms with van der Waals surface area (Å²) in [6, 6.07) is 8.94. The van der Waals surface area contributed by atoms with E-state index in [4.69, 9.17) is 4.74 Å². The monoisotopic (exact) mass is 396 g/mol. The van der Waals surface area contributed by atoms with Gasteiger partial charge in [0.05, 0.1) is 18.5 Å². The molecule has 3 N–H and O–H groups in total. The third-order valence-electron chi connectivity index (χ3n) is 4.78. The van der Waals surface area contributed by atoms with E-state index in [1.807, 2.05) is 45.2 Å². The molecule has 152 valence electrons. The zero-order chi connectivity index (χ0) is 21.0. The summed E-state index contributed by atoms with van der Waals surface area (Å²) in [5.41, 5.74) is 9.52. The van der Waals surface area contributed by atoms with Gasteiger partial charge in [-0.2, -0.15) is 10.2 Å². The molecule has 3 aromatic rings. The van der Waals surface area contributed by atoms with Crippen LogP contribution in [0, 0.1) is 13.8 Å². The Bertz CT molecular complexity index is 1020. The Hall–Kier alpha value is -3.62. The number of carbonyl (C=O) groups excluding carboxylic acids is 2. The number of hydrogen-bond donors (Lipinski definition) is 3. The first-order chi connectivity index (χ1) is 13.9. The van der Waals surface area contributed by atoms with Gasteiger partial charge >= 0.3 is 0 Å². The number of aromatic amines is 1. The summed E-state index contributed by atoms with van der Waals surface area (Å²) in [6.07, 6.45) is 0.798. The van der Waals surface area contributed by atoms with E-state index in [0.717, 1.165) is 28.3 Å². The van der Waals surface area contributed by atoms with Crippen molar-refractivity contribution in [3.8, 4) is 17.0 Å². The molecule has 2 heterocycles. The molecule has 0 aliphatic heterocycles. The van der Waals surface area contributed by atoms with Crippen molar-refractivity contribution in [1.29, 1.82) is 0 Å². The molecule has 9 heteroatoms. The first-order valence-electron chi connectivity index (χ1n) is 9.17. The molecule has 2 amide bonds. The number of rotatable bonds is 6. The third kappa shape index (κ3) is 4.63. The van der Waals surface area contributed by atoms with Gasteiger partial charge in [-0.15, -0.1) is 0 Å². The minimum absolute atomic E-state index is 0.244. The van der Waals surface area contributed by atoms with Gasteiger partial charge in [-0.25, -0.2) is 0 Å². The number of aromatic nitrogens is 4. The number of ether oxygens (including phenoxy) is 1. The van der Waals surface area contributed by atoms with E-state index in [2.05, 4.69) is 26.1 Å². The molecular formula is C20H24N6O3. The molecule has 29 heavy (non-hydrogen) atoms. The van der Waals surface area contributed by atoms with Crippen LogP contribution in [-0.4, -0.2) is 38.9 Å². The van der Waals surface area contributed by atoms with Gasteiger partial charge in [0.25, 0.3) is 5.91 Å². The smallest absolute Gasteiger partial charge is 0.287 e. The Balaban J connectivity index is 1.52. The highest BCUT2D eigenvalue weighted by molar-refractivity contribution is 5.94. The average molecular weight is 396 g/mol. The van der Waals surface area contributed by atoms with Crippen molar-refractivity contribution in [1.82, 2.24) is 30.8 Å². The zero-order valence-corrected chi connectivity index (χ0v) is 16.9. The van der Waals surface area contributed by atoms with Gasteiger partial charge in [-0.3, -0.25) is 30.2 Å². The second kappa shape index (κ2) is 8.59. The van der Waals surface area contributed by atoms with Gasteiger partial charge < -0.3 is 4.74 Å². The first kappa shape index (κ1) is 20.1. The minimum Gasteiger partial charge on any atom is -0.497 e. The topological polar surface area (TPSA) is 114 Å². The Labute approximate surface area is 168 Å². The van der Waals surface area contributed by atoms with Crippen LogP contribution in [0.1, 0.15) is 33.9 Å². The molecule has 0 atom stereocenters. The molecule has 0 aliphatic carbocycles. The standard InChI is InChI=1S/C20H24N6O3/c1-12-16(13(2)26(3)25-12)9-10-19(27)23-24-20(28)18-11-17(21-22-18)14-5-7-15(29-4)8-6-14/h5-8,11H,9-10H2,1-4H3,(H,21,22)(H,23,27)(H,24,28). The first-order valence-corrected chi connectivity index (χ1v) is 9.17. The van der Waals surface area contributed by atoms with Crippen LogP contribution in [-0.2, 0) is 18.3 Å². The number of hydrazine groups is 1. The molecule has 0 spiro atoms. The average Bonchev–Trinajstić information content (AvgIpc) is 3.30. The summed E-state index contributed by atoms with van der Waals surface area (Å²) in [7, 11) is 3.47. The van der Waals surface area contributed by atoms with Crippen molar-refractivity contribution in [3.63, 3.8) is 0 Å². The van der Waals surface area contributed by atoms with Crippen LogP contribution < -0.4 is 15.6 Å². The maximum absolute atomic E-state index is 12.2. The van der Waals surface area contributed by atoms with E-state index in [1.165, 1.54) is 0 Å². The molecule has 0 fully saturated rings. The minimum atomic E-state index is -0.473. The molecule has 0 saturated heterocycles. The summed E-state index contributed by atoms with van der Waals surface area (Å²) in [5.74, 6) is -0.0168. The van der Waals surface area contributed by atoms with Crippen LogP contribution >= 0.6 is 0 Å². The van der Waals surface area contributed by atoms with Crippen LogP contribution in [0.4, 0.5) is 0 Å². The van der Waals surface area contributed by atoms with Gasteiger partial charge in [0.1, 0.15) is 11.4 Å². The van der Waals surface area contributed by atoms with Crippen LogP contribution in [0.3, 0.4) is 0 Å². The lowest BCUT2D eigenvalue weighted by atomic mass is 10.1. The number of amides is 2. The van der Waals surface area contributed by atoms with Crippen molar-refractivity contribution >= 4 is 11.8 Å². The molecule has 1 aromatic carbocycles. The van der Waals surface area contributed by atoms with Crippen LogP contribution in [0.15, 0.2) is 30.3 Å². The maximum atomic E-state index is 12.2. The lowest BCUT2D eigenvalue weighted by Crippen LogP contribution is -2.41. The van der Waals surface area contributed by atoms with E-state index in [-0.39, 0.29) is 18.0 Å². The molecule has 0 saturated carbocycles. The molecule has 2 aromatic heterocycles. The van der Waals surface area contributed by atoms with Gasteiger partial charge in [0, 0.05) is 24.7 Å². The van der Waals surface area contributed by atoms with E-state index in [0.29, 0.717) is 12.1 Å². The highest BCUT2D eigenvalue weighted by Gasteiger charge is 2.14. The fraction of sp³-hybridized carbons (Fsp3) is 0.300. The van der Waals surface area contributed by atoms with Crippen molar-refractivity contribution < 1.29 is 14.3 Å². The summed E-state index contributed by atoms with van der Waals surface area (Å²) in [4.78, 5) is 24.3. The lowest BCUT2D eigenvalue weighted by Gasteiger charge is -2.06. The van der Waals surface area contributed by atoms with Crippen molar-refractivity contribution in [2.45, 2.75) is 26.7 Å². The largest absolute Gasteiger partial charge is 0.497 e. The second-order valence-corrected chi connectivity index (χ2v) is 6.67. The van der Waals surface area contributed by atoms with E-state index in [1.54, 1.807) is 17.9 Å². The fourth-order valence-corrected chi connectivity index (χ4v) is 3.02. The van der Waals surface area contributed by atoms with Crippen LogP contribution in [0.5, 0.6) is 5.75 Å². The Morgan fingerprint density at radius 2 is 1.90 bits per heavy atom. The third-order valence-corrected chi connectivity index (χ3v) is 4.78. The quantitative estimate of drug-likeness (QED) is 0.550. The number of carbonyl (C=O) groups is 2. The van der Waals surface area contributed by atoms with Crippen molar-refractivity contribution in [3.05, 3.63) is 53.0 Å². The summed E-state index contributed by atoms with van der Waals surface area (Å²) < 4.78 is 6.92. The highest BCUT2D eigenvalue weighted by atomic mass is 16.5. The predicted molar refractivity (Wildman–Crippen MR) is 107 cm³/mol. The highest BCUT2D eigenvalue weighted by Crippen LogP contribution is 2.21. The number of aryl methyl sites for hydroxylation is 2. The number of hydrogen-bond acceptors (Lipinski definition) is 5. The summed E-state index contributed by atoms with van der Waals surface area (Å²) in [5, 5.41) is 11.2. The SMILES string of the molecule is COc1ccc(-c2cc(C(=O)NNC(=O)CCc3c(C)nn(C)c3C)[nH]n2)cc1. The van der Waals surface area contributed by atoms with Crippen molar-refractivity contribution in [2.24, 2.45) is 7.05 Å². The maximum Gasteiger partial charge on any atom is 0.287 e. The normalized spacial score (nSPS) is 10.6. The van der Waals surface area contributed by atoms with Crippen LogP contribution in [0.2, 0.25) is 0 Å². The molecule has 0 radical (unpaired) electrons. The van der Waals surface area contributed by atoms with Crippen molar-refractivity contribution in [2.75, 3.05) is 7.11 Å². The van der Waals surface area contributed by atoms with E-state index in [9.17, 15) is 9.59 Å². The Kier molecular flexibility index (Phi) is 5.96. The Morgan fingerprint density at radius 1 is 1.17 bits per heavy atom. The molecular weight excluding hydrogens is 372 g/mol. The van der Waals surface area contributed by atoms with Gasteiger partial charge in [-0.1, -0.05) is 0 Å². The molecule has 3 rings (SSSR count). The Morgan fingerprint density at radius 3 is 2.52 bits per heavy atom. The van der Waals surface area contributed by atoms with Gasteiger partial charge in [0.2, 0.25) is 5.91 Å². The summed E-state index contributed by atoms with van der Waals surface area (Å²) >= 11 is 0. The molecule has 0 bridgehead atoms. The zero-order valence-electron chi connectivity index (χ0n) is 16.9. The summed E-state index contributed by atoms with van der Waals surface area (Å²) in [6.45, 7) is 3.88. The number of benzene rings is 1. The number of nitrogens with zero attached hydrogens (tertiary/aromatic N) is 3. The molecule has 0 aliphatic rings. The second-order valence-electron chi connectivity index (χ2n) is 6.67. The van der Waals surface area contributed by atoms with E-state index < -0.39 is 5.91 Å². The van der Waals surface area contributed by atoms with Crippen LogP contribution in [0.25, 0.3) is 11.3 Å². The molecule has 9 nitrogen and oxygen atoms in total. The van der Waals surface area contributed by atoms with E-state index >= 15 is 0 Å².